The van der Waals surface area contributed by atoms with Crippen molar-refractivity contribution in [2.45, 2.75) is 12.8 Å². The van der Waals surface area contributed by atoms with Crippen molar-refractivity contribution in [3.05, 3.63) is 60.3 Å². The summed E-state index contributed by atoms with van der Waals surface area (Å²) in [7, 11) is 5.36. The molecular formula is C21H25N5O4. The third kappa shape index (κ3) is 6.13. The summed E-state index contributed by atoms with van der Waals surface area (Å²) in [5, 5.41) is 6.89. The van der Waals surface area contributed by atoms with E-state index in [0.717, 1.165) is 24.2 Å². The van der Waals surface area contributed by atoms with Crippen LogP contribution in [0.4, 0.5) is 0 Å². The minimum absolute atomic E-state index is 0.00653. The molecule has 0 aliphatic carbocycles. The Labute approximate surface area is 175 Å². The van der Waals surface area contributed by atoms with Crippen molar-refractivity contribution >= 4 is 12.4 Å². The lowest BCUT2D eigenvalue weighted by atomic mass is 10.1. The van der Waals surface area contributed by atoms with Crippen LogP contribution in [0.2, 0.25) is 0 Å². The second-order valence-electron chi connectivity index (χ2n) is 6.39. The molecule has 30 heavy (non-hydrogen) atoms. The Balaban J connectivity index is 0.00000101. The smallest absolute Gasteiger partial charge is 0.290 e. The maximum absolute atomic E-state index is 12.6. The molecule has 0 spiro atoms. The zero-order chi connectivity index (χ0) is 21.9. The van der Waals surface area contributed by atoms with Gasteiger partial charge in [-0.15, -0.1) is 0 Å². The summed E-state index contributed by atoms with van der Waals surface area (Å²) in [4.78, 5) is 35.6. The predicted octanol–water partition coefficient (Wildman–Crippen LogP) is 2.29. The lowest BCUT2D eigenvalue weighted by Gasteiger charge is -2.17. The van der Waals surface area contributed by atoms with Crippen LogP contribution in [0.25, 0.3) is 11.4 Å². The monoisotopic (exact) mass is 411 g/mol. The molecule has 3 rings (SSSR count). The molecule has 0 fully saturated rings. The lowest BCUT2D eigenvalue weighted by molar-refractivity contribution is -0.122. The topological polar surface area (TPSA) is 110 Å². The van der Waals surface area contributed by atoms with Gasteiger partial charge in [0.15, 0.2) is 5.82 Å². The molecule has 1 aromatic carbocycles. The maximum Gasteiger partial charge on any atom is 0.290 e. The zero-order valence-corrected chi connectivity index (χ0v) is 17.2. The number of aryl methyl sites for hydroxylation is 2. The molecule has 0 aliphatic heterocycles. The lowest BCUT2D eigenvalue weighted by Crippen LogP contribution is -2.28. The van der Waals surface area contributed by atoms with E-state index >= 15 is 0 Å². The molecule has 0 atom stereocenters. The molecule has 1 amide bonds. The highest BCUT2D eigenvalue weighted by Gasteiger charge is 2.12. The molecule has 0 bridgehead atoms. The molecule has 0 saturated carbocycles. The number of ether oxygens (including phenoxy) is 1. The number of benzene rings is 1. The number of imidazole rings is 1. The third-order valence-electron chi connectivity index (χ3n) is 4.39. The fourth-order valence-electron chi connectivity index (χ4n) is 2.79. The largest absolute Gasteiger partial charge is 0.483 e. The summed E-state index contributed by atoms with van der Waals surface area (Å²) >= 11 is 0. The van der Waals surface area contributed by atoms with E-state index in [9.17, 15) is 4.79 Å². The van der Waals surface area contributed by atoms with Gasteiger partial charge in [0.25, 0.3) is 12.4 Å². The van der Waals surface area contributed by atoms with Gasteiger partial charge in [-0.05, 0) is 18.6 Å². The van der Waals surface area contributed by atoms with Crippen LogP contribution < -0.4 is 4.74 Å². The van der Waals surface area contributed by atoms with Crippen molar-refractivity contribution < 1.29 is 19.4 Å². The van der Waals surface area contributed by atoms with E-state index in [1.54, 1.807) is 42.6 Å². The Morgan fingerprint density at radius 1 is 1.20 bits per heavy atom. The van der Waals surface area contributed by atoms with Crippen molar-refractivity contribution in [1.82, 2.24) is 24.4 Å². The molecule has 0 aliphatic rings. The van der Waals surface area contributed by atoms with Crippen LogP contribution in [0, 0.1) is 0 Å². The van der Waals surface area contributed by atoms with Crippen LogP contribution in [0.15, 0.2) is 48.9 Å². The SMILES string of the molecule is COc1ccnc(-c2ccc(C(=O)N(C)CCCc3nccn3C)cc2)n1.O=CO. The van der Waals surface area contributed by atoms with Gasteiger partial charge in [0.1, 0.15) is 5.82 Å². The van der Waals surface area contributed by atoms with E-state index in [0.29, 0.717) is 23.8 Å². The molecule has 0 radical (unpaired) electrons. The van der Waals surface area contributed by atoms with Gasteiger partial charge in [-0.2, -0.15) is 4.98 Å². The zero-order valence-electron chi connectivity index (χ0n) is 17.2. The quantitative estimate of drug-likeness (QED) is 0.594. The maximum atomic E-state index is 12.6. The highest BCUT2D eigenvalue weighted by Crippen LogP contribution is 2.18. The summed E-state index contributed by atoms with van der Waals surface area (Å²) in [6.07, 6.45) is 7.07. The first-order chi connectivity index (χ1) is 14.5. The van der Waals surface area contributed by atoms with Crippen molar-refractivity contribution in [3.8, 4) is 17.3 Å². The van der Waals surface area contributed by atoms with Gasteiger partial charge in [-0.3, -0.25) is 9.59 Å². The Bertz CT molecular complexity index is 956. The van der Waals surface area contributed by atoms with E-state index in [4.69, 9.17) is 14.6 Å². The first-order valence-corrected chi connectivity index (χ1v) is 9.27. The highest BCUT2D eigenvalue weighted by atomic mass is 16.5. The van der Waals surface area contributed by atoms with E-state index in [2.05, 4.69) is 15.0 Å². The van der Waals surface area contributed by atoms with Gasteiger partial charge in [-0.25, -0.2) is 9.97 Å². The molecule has 0 saturated heterocycles. The average molecular weight is 411 g/mol. The van der Waals surface area contributed by atoms with Crippen LogP contribution in [0.5, 0.6) is 5.88 Å². The number of aromatic nitrogens is 4. The van der Waals surface area contributed by atoms with Gasteiger partial charge >= 0.3 is 0 Å². The van der Waals surface area contributed by atoms with Crippen molar-refractivity contribution in [1.29, 1.82) is 0 Å². The first-order valence-electron chi connectivity index (χ1n) is 9.27. The number of carbonyl (C=O) groups is 2. The Hall–Kier alpha value is -3.75. The Kier molecular flexibility index (Phi) is 8.49. The molecule has 2 aromatic heterocycles. The first kappa shape index (κ1) is 22.5. The second kappa shape index (κ2) is 11.3. The van der Waals surface area contributed by atoms with Gasteiger partial charge < -0.3 is 19.3 Å². The van der Waals surface area contributed by atoms with Gasteiger partial charge in [0.05, 0.1) is 7.11 Å². The van der Waals surface area contributed by atoms with Crippen LogP contribution in [0.1, 0.15) is 22.6 Å². The van der Waals surface area contributed by atoms with Gasteiger partial charge in [-0.1, -0.05) is 12.1 Å². The summed E-state index contributed by atoms with van der Waals surface area (Å²) in [5.74, 6) is 2.09. The number of rotatable bonds is 7. The summed E-state index contributed by atoms with van der Waals surface area (Å²) < 4.78 is 7.12. The van der Waals surface area contributed by atoms with E-state index in [1.807, 2.05) is 37.0 Å². The van der Waals surface area contributed by atoms with Crippen LogP contribution in [-0.2, 0) is 18.3 Å². The number of carboxylic acid groups (broad SMARTS) is 1. The molecule has 158 valence electrons. The predicted molar refractivity (Wildman–Crippen MR) is 111 cm³/mol. The van der Waals surface area contributed by atoms with Crippen molar-refractivity contribution in [2.75, 3.05) is 20.7 Å². The summed E-state index contributed by atoms with van der Waals surface area (Å²) in [5.41, 5.74) is 1.48. The Morgan fingerprint density at radius 3 is 2.50 bits per heavy atom. The van der Waals surface area contributed by atoms with Crippen molar-refractivity contribution in [3.63, 3.8) is 0 Å². The number of hydrogen-bond acceptors (Lipinski definition) is 6. The molecule has 3 aromatic rings. The van der Waals surface area contributed by atoms with Gasteiger partial charge in [0.2, 0.25) is 5.88 Å². The van der Waals surface area contributed by atoms with Crippen LogP contribution in [-0.4, -0.2) is 62.6 Å². The molecular weight excluding hydrogens is 386 g/mol. The summed E-state index contributed by atoms with van der Waals surface area (Å²) in [6.45, 7) is 0.423. The molecule has 9 nitrogen and oxygen atoms in total. The number of amides is 1. The standard InChI is InChI=1S/C20H23N5O2.CH2O2/c1-24-14-12-21-17(24)5-4-13-25(2)20(26)16-8-6-15(7-9-16)19-22-11-10-18(23-19)27-3;2-1-3/h6-12,14H,4-5,13H2,1-3H3;1H,(H,2,3). The van der Waals surface area contributed by atoms with Crippen LogP contribution in [0.3, 0.4) is 0 Å². The number of hydrogen-bond donors (Lipinski definition) is 1. The van der Waals surface area contributed by atoms with E-state index in [-0.39, 0.29) is 12.4 Å². The van der Waals surface area contributed by atoms with E-state index < -0.39 is 0 Å². The highest BCUT2D eigenvalue weighted by molar-refractivity contribution is 5.94. The molecule has 0 unspecified atom stereocenters. The minimum Gasteiger partial charge on any atom is -0.483 e. The van der Waals surface area contributed by atoms with Gasteiger partial charge in [0, 0.05) is 62.8 Å². The fourth-order valence-corrected chi connectivity index (χ4v) is 2.79. The number of nitrogens with zero attached hydrogens (tertiary/aromatic N) is 5. The van der Waals surface area contributed by atoms with E-state index in [1.165, 1.54) is 0 Å². The number of methoxy groups -OCH3 is 1. The Morgan fingerprint density at radius 2 is 1.90 bits per heavy atom. The molecule has 2 heterocycles. The fraction of sp³-hybridized carbons (Fsp3) is 0.286. The molecule has 1 N–H and O–H groups in total. The average Bonchev–Trinajstić information content (AvgIpc) is 3.18. The minimum atomic E-state index is -0.250. The normalized spacial score (nSPS) is 9.97. The third-order valence-corrected chi connectivity index (χ3v) is 4.39. The number of carbonyl (C=O) groups excluding carboxylic acids is 1. The van der Waals surface area contributed by atoms with Crippen molar-refractivity contribution in [2.24, 2.45) is 7.05 Å². The second-order valence-corrected chi connectivity index (χ2v) is 6.39. The molecule has 9 heteroatoms. The summed E-state index contributed by atoms with van der Waals surface area (Å²) in [6, 6.07) is 9.00. The van der Waals surface area contributed by atoms with Crippen LogP contribution >= 0.6 is 0 Å².